The normalized spacial score (nSPS) is 12.9. The molecule has 0 atom stereocenters. The largest absolute Gasteiger partial charge is 0.416 e. The average Bonchev–Trinajstić information content (AvgIpc) is 2.16. The van der Waals surface area contributed by atoms with Crippen molar-refractivity contribution in [2.75, 3.05) is 6.61 Å². The summed E-state index contributed by atoms with van der Waals surface area (Å²) in [5, 5.41) is 0.877. The van der Waals surface area contributed by atoms with Crippen LogP contribution in [-0.2, 0) is 10.6 Å². The summed E-state index contributed by atoms with van der Waals surface area (Å²) in [6.45, 7) is 6.41. The molecule has 0 aliphatic carbocycles. The van der Waals surface area contributed by atoms with Gasteiger partial charge in [-0.05, 0) is 25.2 Å². The molecule has 0 unspecified atom stereocenters. The molecule has 0 radical (unpaired) electrons. The molecule has 5 heteroatoms. The van der Waals surface area contributed by atoms with E-state index in [9.17, 15) is 13.2 Å². The first-order valence-electron chi connectivity index (χ1n) is 5.09. The van der Waals surface area contributed by atoms with Gasteiger partial charge in [0, 0.05) is 6.61 Å². The monoisotopic (exact) mass is 248 g/mol. The Morgan fingerprint density at radius 3 is 2.00 bits per heavy atom. The van der Waals surface area contributed by atoms with Gasteiger partial charge < -0.3 is 4.43 Å². The Hall–Kier alpha value is -0.813. The summed E-state index contributed by atoms with van der Waals surface area (Å²) < 4.78 is 42.6. The minimum atomic E-state index is -4.27. The van der Waals surface area contributed by atoms with Crippen LogP contribution in [0.1, 0.15) is 12.5 Å². The molecule has 16 heavy (non-hydrogen) atoms. The third-order valence-corrected chi connectivity index (χ3v) is 5.15. The lowest BCUT2D eigenvalue weighted by Gasteiger charge is -2.22. The third kappa shape index (κ3) is 3.09. The van der Waals surface area contributed by atoms with Crippen molar-refractivity contribution >= 4 is 13.5 Å². The molecule has 0 fully saturated rings. The molecule has 0 amide bonds. The SMILES string of the molecule is CCO[Si](C)(C)c1ccc(C(F)(F)F)cc1. The standard InChI is InChI=1S/C11H15F3OSi/c1-4-15-16(2,3)10-7-5-9(6-8-10)11(12,13)14/h5-8H,4H2,1-3H3. The maximum Gasteiger partial charge on any atom is 0.416 e. The average molecular weight is 248 g/mol. The zero-order valence-corrected chi connectivity index (χ0v) is 10.6. The highest BCUT2D eigenvalue weighted by Gasteiger charge is 2.31. The lowest BCUT2D eigenvalue weighted by Crippen LogP contribution is -2.44. The van der Waals surface area contributed by atoms with E-state index in [1.54, 1.807) is 0 Å². The minimum absolute atomic E-state index is 0.584. The quantitative estimate of drug-likeness (QED) is 0.747. The second-order valence-corrected chi connectivity index (χ2v) is 7.91. The van der Waals surface area contributed by atoms with Crippen molar-refractivity contribution in [2.24, 2.45) is 0 Å². The first-order valence-corrected chi connectivity index (χ1v) is 8.00. The number of benzene rings is 1. The van der Waals surface area contributed by atoms with E-state index in [1.807, 2.05) is 20.0 Å². The van der Waals surface area contributed by atoms with Crippen LogP contribution in [0.3, 0.4) is 0 Å². The predicted molar refractivity (Wildman–Crippen MR) is 60.2 cm³/mol. The zero-order valence-electron chi connectivity index (χ0n) is 9.56. The van der Waals surface area contributed by atoms with Crippen molar-refractivity contribution < 1.29 is 17.6 Å². The van der Waals surface area contributed by atoms with Gasteiger partial charge >= 0.3 is 6.18 Å². The van der Waals surface area contributed by atoms with Crippen molar-refractivity contribution in [1.29, 1.82) is 0 Å². The lowest BCUT2D eigenvalue weighted by atomic mass is 10.2. The summed E-state index contributed by atoms with van der Waals surface area (Å²) >= 11 is 0. The summed E-state index contributed by atoms with van der Waals surface area (Å²) in [6, 6.07) is 5.27. The molecular formula is C11H15F3OSi. The van der Waals surface area contributed by atoms with Crippen LogP contribution in [0.25, 0.3) is 0 Å². The van der Waals surface area contributed by atoms with Gasteiger partial charge in [-0.1, -0.05) is 24.3 Å². The molecule has 0 saturated carbocycles. The van der Waals surface area contributed by atoms with Gasteiger partial charge in [0.05, 0.1) is 5.56 Å². The maximum atomic E-state index is 12.3. The highest BCUT2D eigenvalue weighted by atomic mass is 28.4. The van der Waals surface area contributed by atoms with Crippen molar-refractivity contribution in [1.82, 2.24) is 0 Å². The Morgan fingerprint density at radius 2 is 1.62 bits per heavy atom. The molecule has 0 saturated heterocycles. The summed E-state index contributed by atoms with van der Waals surface area (Å²) in [7, 11) is -2.03. The predicted octanol–water partition coefficient (Wildman–Crippen LogP) is 3.15. The van der Waals surface area contributed by atoms with Crippen LogP contribution < -0.4 is 5.19 Å². The Kier molecular flexibility index (Phi) is 3.80. The van der Waals surface area contributed by atoms with E-state index in [1.165, 1.54) is 12.1 Å². The first-order chi connectivity index (χ1) is 7.27. The summed E-state index contributed by atoms with van der Waals surface area (Å²) in [4.78, 5) is 0. The van der Waals surface area contributed by atoms with Crippen LogP contribution in [0, 0.1) is 0 Å². The van der Waals surface area contributed by atoms with Crippen LogP contribution in [0.15, 0.2) is 24.3 Å². The van der Waals surface area contributed by atoms with E-state index in [-0.39, 0.29) is 0 Å². The fraction of sp³-hybridized carbons (Fsp3) is 0.455. The number of halogens is 3. The molecule has 1 aromatic rings. The van der Waals surface area contributed by atoms with Gasteiger partial charge in [0.2, 0.25) is 8.32 Å². The van der Waals surface area contributed by atoms with Gasteiger partial charge in [-0.3, -0.25) is 0 Å². The highest BCUT2D eigenvalue weighted by molar-refractivity contribution is 6.84. The summed E-state index contributed by atoms with van der Waals surface area (Å²) in [6.07, 6.45) is -4.27. The number of alkyl halides is 3. The lowest BCUT2D eigenvalue weighted by molar-refractivity contribution is -0.137. The maximum absolute atomic E-state index is 12.3. The fourth-order valence-corrected chi connectivity index (χ4v) is 3.36. The number of hydrogen-bond acceptors (Lipinski definition) is 1. The topological polar surface area (TPSA) is 9.23 Å². The Bertz CT molecular complexity index is 343. The fourth-order valence-electron chi connectivity index (χ4n) is 1.50. The van der Waals surface area contributed by atoms with Crippen LogP contribution in [0.2, 0.25) is 13.1 Å². The number of hydrogen-bond donors (Lipinski definition) is 0. The smallest absolute Gasteiger partial charge is 0.413 e. The highest BCUT2D eigenvalue weighted by Crippen LogP contribution is 2.28. The van der Waals surface area contributed by atoms with E-state index < -0.39 is 20.1 Å². The van der Waals surface area contributed by atoms with Gasteiger partial charge in [0.25, 0.3) is 0 Å². The van der Waals surface area contributed by atoms with Crippen LogP contribution in [-0.4, -0.2) is 14.9 Å². The third-order valence-electron chi connectivity index (χ3n) is 2.41. The molecule has 0 aliphatic heterocycles. The molecule has 0 N–H and O–H groups in total. The molecule has 0 aliphatic rings. The van der Waals surface area contributed by atoms with Crippen LogP contribution >= 0.6 is 0 Å². The van der Waals surface area contributed by atoms with E-state index >= 15 is 0 Å². The van der Waals surface area contributed by atoms with Gasteiger partial charge in [-0.2, -0.15) is 13.2 Å². The van der Waals surface area contributed by atoms with Crippen molar-refractivity contribution in [2.45, 2.75) is 26.2 Å². The Balaban J connectivity index is 2.95. The van der Waals surface area contributed by atoms with Crippen molar-refractivity contribution in [3.05, 3.63) is 29.8 Å². The number of rotatable bonds is 3. The second kappa shape index (κ2) is 4.59. The van der Waals surface area contributed by atoms with Crippen molar-refractivity contribution in [3.8, 4) is 0 Å². The summed E-state index contributed by atoms with van der Waals surface area (Å²) in [5.41, 5.74) is -0.613. The van der Waals surface area contributed by atoms with Gasteiger partial charge in [0.15, 0.2) is 0 Å². The molecule has 0 bridgehead atoms. The van der Waals surface area contributed by atoms with Crippen LogP contribution in [0.5, 0.6) is 0 Å². The zero-order chi connectivity index (χ0) is 12.4. The first kappa shape index (κ1) is 13.3. The molecule has 1 rings (SSSR count). The summed E-state index contributed by atoms with van der Waals surface area (Å²) in [5.74, 6) is 0. The van der Waals surface area contributed by atoms with E-state index in [0.29, 0.717) is 6.61 Å². The molecule has 0 spiro atoms. The molecule has 1 aromatic carbocycles. The molecule has 90 valence electrons. The van der Waals surface area contributed by atoms with Gasteiger partial charge in [-0.25, -0.2) is 0 Å². The van der Waals surface area contributed by atoms with Crippen molar-refractivity contribution in [3.63, 3.8) is 0 Å². The Labute approximate surface area is 94.4 Å². The Morgan fingerprint density at radius 1 is 1.12 bits per heavy atom. The molecule has 0 aromatic heterocycles. The second-order valence-electron chi connectivity index (χ2n) is 4.02. The minimum Gasteiger partial charge on any atom is -0.413 e. The van der Waals surface area contributed by atoms with E-state index in [4.69, 9.17) is 4.43 Å². The molecular weight excluding hydrogens is 233 g/mol. The van der Waals surface area contributed by atoms with E-state index in [0.717, 1.165) is 17.3 Å². The van der Waals surface area contributed by atoms with Crippen LogP contribution in [0.4, 0.5) is 13.2 Å². The van der Waals surface area contributed by atoms with E-state index in [2.05, 4.69) is 0 Å². The molecule has 1 nitrogen and oxygen atoms in total. The van der Waals surface area contributed by atoms with Gasteiger partial charge in [-0.15, -0.1) is 0 Å². The van der Waals surface area contributed by atoms with Gasteiger partial charge in [0.1, 0.15) is 0 Å². The molecule has 0 heterocycles.